The summed E-state index contributed by atoms with van der Waals surface area (Å²) in [4.78, 5) is 11.5. The zero-order valence-electron chi connectivity index (χ0n) is 10.5. The zero-order valence-corrected chi connectivity index (χ0v) is 11.3. The van der Waals surface area contributed by atoms with Crippen molar-refractivity contribution in [3.8, 4) is 0 Å². The number of anilines is 1. The molecule has 0 fully saturated rings. The van der Waals surface area contributed by atoms with Crippen molar-refractivity contribution in [1.29, 1.82) is 0 Å². The molecule has 0 radical (unpaired) electrons. The first-order valence-corrected chi connectivity index (χ1v) is 7.33. The topological polar surface area (TPSA) is 63.7 Å². The highest BCUT2D eigenvalue weighted by Crippen LogP contribution is 2.17. The molecule has 5 nitrogen and oxygen atoms in total. The molecule has 0 atom stereocenters. The fraction of sp³-hybridized carbons (Fsp3) is 0.417. The fourth-order valence-electron chi connectivity index (χ4n) is 1.42. The molecule has 0 N–H and O–H groups in total. The Bertz CT molecular complexity index is 484. The summed E-state index contributed by atoms with van der Waals surface area (Å²) in [5, 5.41) is 0. The predicted molar refractivity (Wildman–Crippen MR) is 69.9 cm³/mol. The molecule has 100 valence electrons. The number of carbonyl (C=O) groups excluding carboxylic acids is 1. The summed E-state index contributed by atoms with van der Waals surface area (Å²) < 4.78 is 29.8. The number of hydrogen-bond acceptors (Lipinski definition) is 4. The second-order valence-electron chi connectivity index (χ2n) is 3.55. The maximum absolute atomic E-state index is 12.0. The van der Waals surface area contributed by atoms with E-state index < -0.39 is 16.0 Å². The molecule has 0 aliphatic carbocycles. The SMILES string of the molecule is CCOC(=O)CN(c1ccccc1)S(=O)(=O)CC. The summed E-state index contributed by atoms with van der Waals surface area (Å²) in [7, 11) is -3.49. The van der Waals surface area contributed by atoms with Gasteiger partial charge < -0.3 is 4.74 Å². The number of nitrogens with zero attached hydrogens (tertiary/aromatic N) is 1. The van der Waals surface area contributed by atoms with Gasteiger partial charge in [-0.25, -0.2) is 8.42 Å². The molecule has 0 amide bonds. The van der Waals surface area contributed by atoms with Crippen LogP contribution in [0.1, 0.15) is 13.8 Å². The van der Waals surface area contributed by atoms with Gasteiger partial charge in [0.15, 0.2) is 0 Å². The molecule has 0 bridgehead atoms. The minimum atomic E-state index is -3.49. The number of hydrogen-bond donors (Lipinski definition) is 0. The Kier molecular flexibility index (Phi) is 5.15. The summed E-state index contributed by atoms with van der Waals surface area (Å²) in [6.07, 6.45) is 0. The van der Waals surface area contributed by atoms with Gasteiger partial charge in [0, 0.05) is 0 Å². The number of ether oxygens (including phenoxy) is 1. The molecule has 1 aromatic rings. The molecule has 0 saturated heterocycles. The van der Waals surface area contributed by atoms with E-state index in [9.17, 15) is 13.2 Å². The van der Waals surface area contributed by atoms with Crippen LogP contribution in [0, 0.1) is 0 Å². The highest BCUT2D eigenvalue weighted by atomic mass is 32.2. The Labute approximate surface area is 107 Å². The van der Waals surface area contributed by atoms with Gasteiger partial charge in [0.05, 0.1) is 18.0 Å². The van der Waals surface area contributed by atoms with Gasteiger partial charge in [-0.05, 0) is 26.0 Å². The molecular weight excluding hydrogens is 254 g/mol. The van der Waals surface area contributed by atoms with E-state index in [0.717, 1.165) is 4.31 Å². The third kappa shape index (κ3) is 3.73. The zero-order chi connectivity index (χ0) is 13.6. The van der Waals surface area contributed by atoms with Gasteiger partial charge in [-0.1, -0.05) is 18.2 Å². The van der Waals surface area contributed by atoms with Crippen molar-refractivity contribution < 1.29 is 17.9 Å². The third-order valence-electron chi connectivity index (χ3n) is 2.32. The number of rotatable bonds is 6. The first kappa shape index (κ1) is 14.5. The Balaban J connectivity index is 3.01. The fourth-order valence-corrected chi connectivity index (χ4v) is 2.48. The minimum Gasteiger partial charge on any atom is -0.465 e. The van der Waals surface area contributed by atoms with Crippen molar-refractivity contribution in [3.05, 3.63) is 30.3 Å². The number of para-hydroxylation sites is 1. The first-order chi connectivity index (χ1) is 8.51. The van der Waals surface area contributed by atoms with Crippen LogP contribution in [-0.2, 0) is 19.6 Å². The van der Waals surface area contributed by atoms with E-state index >= 15 is 0 Å². The van der Waals surface area contributed by atoms with Gasteiger partial charge in [0.1, 0.15) is 6.54 Å². The minimum absolute atomic E-state index is 0.0682. The van der Waals surface area contributed by atoms with Crippen molar-refractivity contribution >= 4 is 21.7 Å². The van der Waals surface area contributed by atoms with Gasteiger partial charge in [-0.2, -0.15) is 0 Å². The van der Waals surface area contributed by atoms with Crippen LogP contribution in [0.5, 0.6) is 0 Å². The van der Waals surface area contributed by atoms with Gasteiger partial charge >= 0.3 is 5.97 Å². The van der Waals surface area contributed by atoms with Gasteiger partial charge in [-0.3, -0.25) is 9.10 Å². The van der Waals surface area contributed by atoms with E-state index in [0.29, 0.717) is 5.69 Å². The van der Waals surface area contributed by atoms with E-state index in [1.165, 1.54) is 6.92 Å². The third-order valence-corrected chi connectivity index (χ3v) is 4.06. The maximum atomic E-state index is 12.0. The van der Waals surface area contributed by atoms with Crippen molar-refractivity contribution in [3.63, 3.8) is 0 Å². The molecule has 0 unspecified atom stereocenters. The lowest BCUT2D eigenvalue weighted by Gasteiger charge is -2.22. The standard InChI is InChI=1S/C12H17NO4S/c1-3-17-12(14)10-13(18(15,16)4-2)11-8-6-5-7-9-11/h5-9H,3-4,10H2,1-2H3. The van der Waals surface area contributed by atoms with Crippen LogP contribution in [0.3, 0.4) is 0 Å². The molecule has 1 rings (SSSR count). The molecule has 6 heteroatoms. The summed E-state index contributed by atoms with van der Waals surface area (Å²) in [5.74, 6) is -0.625. The Morgan fingerprint density at radius 2 is 1.83 bits per heavy atom. The van der Waals surface area contributed by atoms with Gasteiger partial charge in [0.25, 0.3) is 0 Å². The van der Waals surface area contributed by atoms with E-state index in [4.69, 9.17) is 4.74 Å². The molecule has 0 saturated carbocycles. The molecule has 0 spiro atoms. The summed E-state index contributed by atoms with van der Waals surface area (Å²) >= 11 is 0. The quantitative estimate of drug-likeness (QED) is 0.734. The average Bonchev–Trinajstić information content (AvgIpc) is 2.37. The van der Waals surface area contributed by atoms with Crippen molar-refractivity contribution in [2.45, 2.75) is 13.8 Å². The summed E-state index contributed by atoms with van der Waals surface area (Å²) in [6.45, 7) is 3.15. The number of esters is 1. The highest BCUT2D eigenvalue weighted by molar-refractivity contribution is 7.92. The first-order valence-electron chi connectivity index (χ1n) is 5.72. The largest absolute Gasteiger partial charge is 0.465 e. The monoisotopic (exact) mass is 271 g/mol. The van der Waals surface area contributed by atoms with E-state index in [-0.39, 0.29) is 18.9 Å². The van der Waals surface area contributed by atoms with Crippen molar-refractivity contribution in [2.24, 2.45) is 0 Å². The molecule has 18 heavy (non-hydrogen) atoms. The van der Waals surface area contributed by atoms with Crippen LogP contribution < -0.4 is 4.31 Å². The van der Waals surface area contributed by atoms with Crippen LogP contribution in [0.2, 0.25) is 0 Å². The van der Waals surface area contributed by atoms with Crippen molar-refractivity contribution in [2.75, 3.05) is 23.2 Å². The average molecular weight is 271 g/mol. The van der Waals surface area contributed by atoms with E-state index in [2.05, 4.69) is 0 Å². The van der Waals surface area contributed by atoms with Crippen LogP contribution in [0.25, 0.3) is 0 Å². The number of carbonyl (C=O) groups is 1. The molecule has 0 aliphatic heterocycles. The number of sulfonamides is 1. The van der Waals surface area contributed by atoms with Crippen molar-refractivity contribution in [1.82, 2.24) is 0 Å². The Hall–Kier alpha value is -1.56. The second kappa shape index (κ2) is 6.39. The lowest BCUT2D eigenvalue weighted by Crippen LogP contribution is -2.37. The lowest BCUT2D eigenvalue weighted by molar-refractivity contribution is -0.141. The molecule has 0 aromatic heterocycles. The molecule has 0 heterocycles. The molecule has 0 aliphatic rings. The van der Waals surface area contributed by atoms with Gasteiger partial charge in [0.2, 0.25) is 10.0 Å². The molecular formula is C12H17NO4S. The highest BCUT2D eigenvalue weighted by Gasteiger charge is 2.23. The van der Waals surface area contributed by atoms with Gasteiger partial charge in [-0.15, -0.1) is 0 Å². The van der Waals surface area contributed by atoms with Crippen LogP contribution in [0.4, 0.5) is 5.69 Å². The van der Waals surface area contributed by atoms with Crippen LogP contribution in [-0.4, -0.2) is 33.3 Å². The summed E-state index contributed by atoms with van der Waals surface area (Å²) in [5.41, 5.74) is 0.465. The van der Waals surface area contributed by atoms with Crippen LogP contribution >= 0.6 is 0 Å². The van der Waals surface area contributed by atoms with E-state index in [1.54, 1.807) is 37.3 Å². The molecule has 1 aromatic carbocycles. The summed E-state index contributed by atoms with van der Waals surface area (Å²) in [6, 6.07) is 8.51. The second-order valence-corrected chi connectivity index (χ2v) is 5.73. The van der Waals surface area contributed by atoms with Crippen LogP contribution in [0.15, 0.2) is 30.3 Å². The number of benzene rings is 1. The lowest BCUT2D eigenvalue weighted by atomic mass is 10.3. The Morgan fingerprint density at radius 1 is 1.22 bits per heavy atom. The van der Waals surface area contributed by atoms with E-state index in [1.807, 2.05) is 0 Å². The maximum Gasteiger partial charge on any atom is 0.326 e. The predicted octanol–water partition coefficient (Wildman–Crippen LogP) is 1.41. The normalized spacial score (nSPS) is 11.0. The smallest absolute Gasteiger partial charge is 0.326 e. The Morgan fingerprint density at radius 3 is 2.33 bits per heavy atom.